The number of nitrogens with one attached hydrogen (secondary N) is 2. The molecule has 2 fully saturated rings. The van der Waals surface area contributed by atoms with Gasteiger partial charge in [-0.05, 0) is 59.7 Å². The predicted molar refractivity (Wildman–Crippen MR) is 113 cm³/mol. The average molecular weight is 424 g/mol. The van der Waals surface area contributed by atoms with E-state index in [1.54, 1.807) is 17.0 Å². The average Bonchev–Trinajstić information content (AvgIpc) is 3.49. The standard InChI is InChI=1S/C23H28FN7/c24-20-7-5-19(6-8-20)22(23-26-27-28-31(23)21-3-1-2-4-21)30-15-13-29(14-16-30)17-18-9-11-25-12-10-18/h5-12,21-22H,1-4,13-17H2/p+2/t22-/m1/s1. The van der Waals surface area contributed by atoms with Gasteiger partial charge in [-0.2, -0.15) is 0 Å². The molecular formula is C23H30FN7+2. The summed E-state index contributed by atoms with van der Waals surface area (Å²) in [5.74, 6) is 0.714. The molecule has 2 aromatic heterocycles. The Morgan fingerprint density at radius 2 is 1.68 bits per heavy atom. The maximum absolute atomic E-state index is 13.7. The van der Waals surface area contributed by atoms with Crippen molar-refractivity contribution in [1.29, 1.82) is 0 Å². The highest BCUT2D eigenvalue weighted by atomic mass is 19.1. The van der Waals surface area contributed by atoms with Crippen LogP contribution in [0.5, 0.6) is 0 Å². The highest BCUT2D eigenvalue weighted by Gasteiger charge is 2.37. The van der Waals surface area contributed by atoms with Gasteiger partial charge < -0.3 is 9.80 Å². The van der Waals surface area contributed by atoms with Crippen LogP contribution in [0.1, 0.15) is 54.7 Å². The molecular weight excluding hydrogens is 393 g/mol. The van der Waals surface area contributed by atoms with Gasteiger partial charge in [-0.3, -0.25) is 4.98 Å². The first-order valence-corrected chi connectivity index (χ1v) is 11.4. The van der Waals surface area contributed by atoms with Crippen molar-refractivity contribution in [2.45, 2.75) is 44.3 Å². The number of hydrogen-bond donors (Lipinski definition) is 2. The number of hydrogen-bond acceptors (Lipinski definition) is 4. The second-order valence-corrected chi connectivity index (χ2v) is 8.84. The van der Waals surface area contributed by atoms with Gasteiger partial charge in [-0.1, -0.05) is 12.8 Å². The molecule has 162 valence electrons. The SMILES string of the molecule is Fc1ccc([C@H](c2nnnn2C2CCCC2)[NH+]2CC[NH+](Cc3ccncc3)CC2)cc1. The second-order valence-electron chi connectivity index (χ2n) is 8.84. The minimum atomic E-state index is -0.209. The zero-order valence-corrected chi connectivity index (χ0v) is 17.8. The number of benzene rings is 1. The van der Waals surface area contributed by atoms with Crippen LogP contribution in [0.3, 0.4) is 0 Å². The van der Waals surface area contributed by atoms with Crippen LogP contribution in [-0.4, -0.2) is 51.4 Å². The molecule has 2 N–H and O–H groups in total. The van der Waals surface area contributed by atoms with Crippen molar-refractivity contribution >= 4 is 0 Å². The van der Waals surface area contributed by atoms with Crippen LogP contribution >= 0.6 is 0 Å². The minimum absolute atomic E-state index is 0.0266. The number of quaternary nitrogens is 2. The number of piperazine rings is 1. The quantitative estimate of drug-likeness (QED) is 0.602. The lowest BCUT2D eigenvalue weighted by Crippen LogP contribution is -3.27. The summed E-state index contributed by atoms with van der Waals surface area (Å²) in [5, 5.41) is 12.9. The van der Waals surface area contributed by atoms with E-state index in [-0.39, 0.29) is 11.9 Å². The second kappa shape index (κ2) is 9.20. The maximum Gasteiger partial charge on any atom is 0.214 e. The lowest BCUT2D eigenvalue weighted by Gasteiger charge is -2.34. The molecule has 2 aliphatic rings. The summed E-state index contributed by atoms with van der Waals surface area (Å²) in [6, 6.07) is 11.5. The molecule has 7 nitrogen and oxygen atoms in total. The molecule has 31 heavy (non-hydrogen) atoms. The fraction of sp³-hybridized carbons (Fsp3) is 0.478. The van der Waals surface area contributed by atoms with Crippen LogP contribution in [0, 0.1) is 5.82 Å². The van der Waals surface area contributed by atoms with E-state index in [1.807, 2.05) is 24.5 Å². The van der Waals surface area contributed by atoms with Crippen LogP contribution in [0.25, 0.3) is 0 Å². The van der Waals surface area contributed by atoms with Gasteiger partial charge in [-0.15, -0.1) is 5.10 Å². The van der Waals surface area contributed by atoms with Crippen molar-refractivity contribution in [2.24, 2.45) is 0 Å². The Balaban J connectivity index is 1.37. The molecule has 0 amide bonds. The van der Waals surface area contributed by atoms with Gasteiger partial charge in [0.1, 0.15) is 38.5 Å². The van der Waals surface area contributed by atoms with Crippen molar-refractivity contribution in [2.75, 3.05) is 26.2 Å². The first-order valence-electron chi connectivity index (χ1n) is 11.4. The van der Waals surface area contributed by atoms with Crippen LogP contribution in [-0.2, 0) is 6.54 Å². The monoisotopic (exact) mass is 423 g/mol. The summed E-state index contributed by atoms with van der Waals surface area (Å²) >= 11 is 0. The molecule has 3 aromatic rings. The summed E-state index contributed by atoms with van der Waals surface area (Å²) in [6.45, 7) is 5.25. The Bertz CT molecular complexity index is 961. The molecule has 1 saturated carbocycles. The molecule has 1 aliphatic carbocycles. The van der Waals surface area contributed by atoms with Crippen LogP contribution in [0.15, 0.2) is 48.8 Å². The van der Waals surface area contributed by atoms with Crippen LogP contribution in [0.2, 0.25) is 0 Å². The fourth-order valence-corrected chi connectivity index (χ4v) is 5.20. The zero-order chi connectivity index (χ0) is 21.0. The number of nitrogens with zero attached hydrogens (tertiary/aromatic N) is 5. The summed E-state index contributed by atoms with van der Waals surface area (Å²) < 4.78 is 15.7. The van der Waals surface area contributed by atoms with Crippen LogP contribution in [0.4, 0.5) is 4.39 Å². The highest BCUT2D eigenvalue weighted by molar-refractivity contribution is 5.23. The minimum Gasteiger partial charge on any atom is -0.322 e. The van der Waals surface area contributed by atoms with E-state index in [1.165, 1.54) is 23.3 Å². The van der Waals surface area contributed by atoms with E-state index in [0.717, 1.165) is 57.0 Å². The smallest absolute Gasteiger partial charge is 0.214 e. The molecule has 1 aliphatic heterocycles. The first-order chi connectivity index (χ1) is 15.3. The molecule has 0 unspecified atom stereocenters. The van der Waals surface area contributed by atoms with Crippen molar-refractivity contribution in [1.82, 2.24) is 25.2 Å². The van der Waals surface area contributed by atoms with E-state index < -0.39 is 0 Å². The molecule has 0 bridgehead atoms. The number of halogens is 1. The van der Waals surface area contributed by atoms with E-state index in [0.29, 0.717) is 6.04 Å². The topological polar surface area (TPSA) is 65.4 Å². The van der Waals surface area contributed by atoms with Gasteiger partial charge in [0.2, 0.25) is 5.82 Å². The molecule has 1 atom stereocenters. The van der Waals surface area contributed by atoms with E-state index in [9.17, 15) is 4.39 Å². The van der Waals surface area contributed by atoms with E-state index in [2.05, 4.69) is 37.3 Å². The third-order valence-corrected chi connectivity index (χ3v) is 6.86. The van der Waals surface area contributed by atoms with Crippen molar-refractivity contribution in [3.8, 4) is 0 Å². The Hall–Kier alpha value is -2.71. The normalized spacial score (nSPS) is 23.1. The summed E-state index contributed by atoms with van der Waals surface area (Å²) in [5.41, 5.74) is 2.41. The third kappa shape index (κ3) is 4.50. The van der Waals surface area contributed by atoms with Crippen molar-refractivity contribution in [3.63, 3.8) is 0 Å². The van der Waals surface area contributed by atoms with Gasteiger partial charge in [0.05, 0.1) is 6.04 Å². The lowest BCUT2D eigenvalue weighted by atomic mass is 10.0. The number of rotatable bonds is 6. The zero-order valence-electron chi connectivity index (χ0n) is 17.8. The van der Waals surface area contributed by atoms with Crippen molar-refractivity contribution in [3.05, 3.63) is 71.6 Å². The van der Waals surface area contributed by atoms with Gasteiger partial charge in [0.25, 0.3) is 0 Å². The molecule has 1 saturated heterocycles. The van der Waals surface area contributed by atoms with Gasteiger partial charge in [-0.25, -0.2) is 9.07 Å². The summed E-state index contributed by atoms with van der Waals surface area (Å²) in [4.78, 5) is 7.17. The Labute approximate surface area is 181 Å². The van der Waals surface area contributed by atoms with Gasteiger partial charge >= 0.3 is 0 Å². The third-order valence-electron chi connectivity index (χ3n) is 6.86. The van der Waals surface area contributed by atoms with E-state index in [4.69, 9.17) is 0 Å². The van der Waals surface area contributed by atoms with Gasteiger partial charge in [0.15, 0.2) is 6.04 Å². The first kappa shape index (κ1) is 20.2. The molecule has 8 heteroatoms. The summed E-state index contributed by atoms with van der Waals surface area (Å²) in [6.07, 6.45) is 8.46. The van der Waals surface area contributed by atoms with Crippen molar-refractivity contribution < 1.29 is 14.2 Å². The van der Waals surface area contributed by atoms with E-state index >= 15 is 0 Å². The van der Waals surface area contributed by atoms with Crippen LogP contribution < -0.4 is 9.80 Å². The molecule has 0 radical (unpaired) electrons. The van der Waals surface area contributed by atoms with Gasteiger partial charge in [0, 0.05) is 23.5 Å². The Morgan fingerprint density at radius 1 is 0.968 bits per heavy atom. The number of aromatic nitrogens is 5. The molecule has 0 spiro atoms. The number of pyridine rings is 1. The maximum atomic E-state index is 13.7. The Kier molecular flexibility index (Phi) is 5.99. The highest BCUT2D eigenvalue weighted by Crippen LogP contribution is 2.31. The number of tetrazole rings is 1. The molecule has 5 rings (SSSR count). The fourth-order valence-electron chi connectivity index (χ4n) is 5.20. The largest absolute Gasteiger partial charge is 0.322 e. The summed E-state index contributed by atoms with van der Waals surface area (Å²) in [7, 11) is 0. The molecule has 1 aromatic carbocycles. The lowest BCUT2D eigenvalue weighted by molar-refractivity contribution is -1.03. The molecule has 3 heterocycles. The Morgan fingerprint density at radius 3 is 2.39 bits per heavy atom. The predicted octanol–water partition coefficient (Wildman–Crippen LogP) is 0.395.